The zero-order chi connectivity index (χ0) is 11.8. The summed E-state index contributed by atoms with van der Waals surface area (Å²) in [7, 11) is 0. The maximum absolute atomic E-state index is 11.9. The number of Topliss-reactive ketones (excluding diaryl/α,β-unsaturated/α-hetero) is 2. The van der Waals surface area contributed by atoms with Crippen molar-refractivity contribution in [1.82, 2.24) is 0 Å². The number of fused-ring (bicyclic) bond motifs is 1. The Morgan fingerprint density at radius 1 is 0.941 bits per heavy atom. The van der Waals surface area contributed by atoms with Gasteiger partial charge in [0.1, 0.15) is 11.6 Å². The number of carbonyl (C=O) groups is 2. The quantitative estimate of drug-likeness (QED) is 0.730. The first-order chi connectivity index (χ1) is 8.25. The van der Waals surface area contributed by atoms with Gasteiger partial charge >= 0.3 is 0 Å². The second kappa shape index (κ2) is 4.50. The molecule has 1 aliphatic carbocycles. The zero-order valence-corrected chi connectivity index (χ0v) is 10.9. The van der Waals surface area contributed by atoms with E-state index in [-0.39, 0.29) is 22.1 Å². The van der Waals surface area contributed by atoms with Crippen LogP contribution < -0.4 is 0 Å². The van der Waals surface area contributed by atoms with Gasteiger partial charge in [-0.2, -0.15) is 0 Å². The first-order valence-electron chi connectivity index (χ1n) is 5.73. The molecule has 0 N–H and O–H groups in total. The van der Waals surface area contributed by atoms with Crippen LogP contribution >= 0.6 is 23.5 Å². The van der Waals surface area contributed by atoms with Crippen molar-refractivity contribution >= 4 is 35.1 Å². The number of hydrogen-bond donors (Lipinski definition) is 0. The molecular formula is C13H12O2S2. The van der Waals surface area contributed by atoms with Crippen molar-refractivity contribution in [2.45, 2.75) is 33.6 Å². The number of ketones is 2. The molecule has 0 saturated heterocycles. The number of rotatable bonds is 1. The molecule has 2 nitrogen and oxygen atoms in total. The fraction of sp³-hybridized carbons (Fsp3) is 0.385. The summed E-state index contributed by atoms with van der Waals surface area (Å²) in [5.74, 6) is -0.107. The van der Waals surface area contributed by atoms with Gasteiger partial charge in [-0.1, -0.05) is 12.1 Å². The highest BCUT2D eigenvalue weighted by molar-refractivity contribution is 8.19. The van der Waals surface area contributed by atoms with Gasteiger partial charge in [-0.25, -0.2) is 0 Å². The summed E-state index contributed by atoms with van der Waals surface area (Å²) in [5, 5.41) is 0. The van der Waals surface area contributed by atoms with E-state index >= 15 is 0 Å². The van der Waals surface area contributed by atoms with Crippen LogP contribution in [0.25, 0.3) is 0 Å². The summed E-state index contributed by atoms with van der Waals surface area (Å²) in [6.07, 6.45) is 1.89. The summed E-state index contributed by atoms with van der Waals surface area (Å²) in [5.41, 5.74) is 0. The van der Waals surface area contributed by atoms with E-state index in [9.17, 15) is 9.59 Å². The third-order valence-electron chi connectivity index (χ3n) is 3.15. The Labute approximate surface area is 109 Å². The van der Waals surface area contributed by atoms with Gasteiger partial charge in [-0.05, 0) is 18.6 Å². The molecule has 3 rings (SSSR count). The molecule has 0 unspecified atom stereocenters. The van der Waals surface area contributed by atoms with Crippen LogP contribution in [0.1, 0.15) is 19.3 Å². The smallest absolute Gasteiger partial charge is 0.145 e. The molecule has 1 heterocycles. The summed E-state index contributed by atoms with van der Waals surface area (Å²) < 4.78 is 0.0627. The lowest BCUT2D eigenvalue weighted by Gasteiger charge is -2.23. The predicted molar refractivity (Wildman–Crippen MR) is 69.3 cm³/mol. The predicted octanol–water partition coefficient (Wildman–Crippen LogP) is 3.15. The summed E-state index contributed by atoms with van der Waals surface area (Å²) in [6.45, 7) is 0. The van der Waals surface area contributed by atoms with Gasteiger partial charge in [0.15, 0.2) is 0 Å². The molecule has 1 aromatic carbocycles. The van der Waals surface area contributed by atoms with Gasteiger partial charge in [-0.15, -0.1) is 23.5 Å². The van der Waals surface area contributed by atoms with Crippen molar-refractivity contribution in [3.63, 3.8) is 0 Å². The van der Waals surface area contributed by atoms with Gasteiger partial charge in [0, 0.05) is 22.6 Å². The van der Waals surface area contributed by atoms with E-state index in [2.05, 4.69) is 12.1 Å². The van der Waals surface area contributed by atoms with Crippen LogP contribution in [0.4, 0.5) is 0 Å². The summed E-state index contributed by atoms with van der Waals surface area (Å²) in [4.78, 5) is 26.2. The van der Waals surface area contributed by atoms with Gasteiger partial charge < -0.3 is 0 Å². The number of benzene rings is 1. The monoisotopic (exact) mass is 264 g/mol. The maximum Gasteiger partial charge on any atom is 0.145 e. The first-order valence-corrected chi connectivity index (χ1v) is 7.49. The van der Waals surface area contributed by atoms with Crippen LogP contribution in [0.5, 0.6) is 0 Å². The summed E-state index contributed by atoms with van der Waals surface area (Å²) in [6, 6.07) is 8.12. The Hall–Kier alpha value is -0.740. The van der Waals surface area contributed by atoms with Crippen molar-refractivity contribution < 1.29 is 9.59 Å². The standard InChI is InChI=1S/C13H12O2S2/c14-8-4-3-5-9(15)12(8)13-16-10-6-1-2-7-11(10)17-13/h1-2,6-7,12-13H,3-5H2. The fourth-order valence-electron chi connectivity index (χ4n) is 2.29. The minimum Gasteiger partial charge on any atom is -0.299 e. The number of hydrogen-bond acceptors (Lipinski definition) is 4. The molecule has 2 aliphatic rings. The lowest BCUT2D eigenvalue weighted by atomic mass is 9.88. The first kappa shape index (κ1) is 11.4. The second-order valence-electron chi connectivity index (χ2n) is 4.31. The van der Waals surface area contributed by atoms with E-state index < -0.39 is 0 Å². The molecule has 0 spiro atoms. The molecule has 0 bridgehead atoms. The lowest BCUT2D eigenvalue weighted by molar-refractivity contribution is -0.134. The SMILES string of the molecule is O=C1CCCC(=O)C1C1Sc2ccccc2S1. The highest BCUT2D eigenvalue weighted by atomic mass is 32.2. The molecule has 1 aliphatic heterocycles. The molecule has 1 aromatic rings. The molecule has 0 amide bonds. The van der Waals surface area contributed by atoms with Crippen LogP contribution in [-0.4, -0.2) is 16.1 Å². The third-order valence-corrected chi connectivity index (χ3v) is 6.08. The van der Waals surface area contributed by atoms with Gasteiger partial charge in [0.25, 0.3) is 0 Å². The van der Waals surface area contributed by atoms with Crippen LogP contribution in [0.15, 0.2) is 34.1 Å². The molecule has 17 heavy (non-hydrogen) atoms. The molecule has 0 atom stereocenters. The van der Waals surface area contributed by atoms with Crippen molar-refractivity contribution in [1.29, 1.82) is 0 Å². The Balaban J connectivity index is 1.84. The normalized spacial score (nSPS) is 21.9. The minimum absolute atomic E-state index is 0.0627. The van der Waals surface area contributed by atoms with Gasteiger partial charge in [0.05, 0.1) is 10.5 Å². The number of carbonyl (C=O) groups excluding carboxylic acids is 2. The van der Waals surface area contributed by atoms with E-state index in [0.29, 0.717) is 12.8 Å². The average molecular weight is 264 g/mol. The van der Waals surface area contributed by atoms with Crippen LogP contribution in [-0.2, 0) is 9.59 Å². The van der Waals surface area contributed by atoms with E-state index in [4.69, 9.17) is 0 Å². The molecule has 88 valence electrons. The molecule has 0 aromatic heterocycles. The fourth-order valence-corrected chi connectivity index (χ4v) is 5.45. The van der Waals surface area contributed by atoms with Crippen LogP contribution in [0.3, 0.4) is 0 Å². The molecule has 1 fully saturated rings. The minimum atomic E-state index is -0.383. The maximum atomic E-state index is 11.9. The van der Waals surface area contributed by atoms with Crippen LogP contribution in [0, 0.1) is 5.92 Å². The van der Waals surface area contributed by atoms with E-state index in [1.165, 1.54) is 9.79 Å². The molecular weight excluding hydrogens is 252 g/mol. The summed E-state index contributed by atoms with van der Waals surface area (Å²) >= 11 is 3.34. The van der Waals surface area contributed by atoms with Gasteiger partial charge in [0.2, 0.25) is 0 Å². The highest BCUT2D eigenvalue weighted by Gasteiger charge is 2.40. The van der Waals surface area contributed by atoms with E-state index in [1.54, 1.807) is 23.5 Å². The number of thioether (sulfide) groups is 2. The van der Waals surface area contributed by atoms with Crippen molar-refractivity contribution in [2.75, 3.05) is 0 Å². The Kier molecular flexibility index (Phi) is 3.01. The van der Waals surface area contributed by atoms with Crippen molar-refractivity contribution in [3.05, 3.63) is 24.3 Å². The van der Waals surface area contributed by atoms with Crippen molar-refractivity contribution in [3.8, 4) is 0 Å². The lowest BCUT2D eigenvalue weighted by Crippen LogP contribution is -2.34. The molecule has 1 saturated carbocycles. The van der Waals surface area contributed by atoms with Gasteiger partial charge in [-0.3, -0.25) is 9.59 Å². The Bertz CT molecular complexity index is 443. The van der Waals surface area contributed by atoms with Crippen molar-refractivity contribution in [2.24, 2.45) is 5.92 Å². The molecule has 4 heteroatoms. The second-order valence-corrected chi connectivity index (χ2v) is 6.98. The highest BCUT2D eigenvalue weighted by Crippen LogP contribution is 2.51. The zero-order valence-electron chi connectivity index (χ0n) is 9.22. The largest absolute Gasteiger partial charge is 0.299 e. The van der Waals surface area contributed by atoms with E-state index in [0.717, 1.165) is 6.42 Å². The van der Waals surface area contributed by atoms with Crippen LogP contribution in [0.2, 0.25) is 0 Å². The average Bonchev–Trinajstić information content (AvgIpc) is 2.71. The Morgan fingerprint density at radius 2 is 1.47 bits per heavy atom. The van der Waals surface area contributed by atoms with E-state index in [1.807, 2.05) is 12.1 Å². The molecule has 0 radical (unpaired) electrons. The third kappa shape index (κ3) is 2.04. The Morgan fingerprint density at radius 3 is 2.00 bits per heavy atom. The topological polar surface area (TPSA) is 34.1 Å².